The normalized spacial score (nSPS) is 19.6. The highest BCUT2D eigenvalue weighted by Crippen LogP contribution is 2.40. The summed E-state index contributed by atoms with van der Waals surface area (Å²) < 4.78 is 59.2. The number of anilines is 1. The average molecular weight is 527 g/mol. The van der Waals surface area contributed by atoms with Crippen molar-refractivity contribution >= 4 is 47.6 Å². The second-order valence-corrected chi connectivity index (χ2v) is 13.4. The van der Waals surface area contributed by atoms with Gasteiger partial charge in [-0.25, -0.2) is 21.8 Å². The largest absolute Gasteiger partial charge is 0.372 e. The van der Waals surface area contributed by atoms with Crippen LogP contribution < -0.4 is 4.90 Å². The number of sulfone groups is 2. The van der Waals surface area contributed by atoms with E-state index in [-0.39, 0.29) is 36.4 Å². The molecule has 7 nitrogen and oxygen atoms in total. The van der Waals surface area contributed by atoms with Gasteiger partial charge in [0.05, 0.1) is 22.0 Å². The fourth-order valence-corrected chi connectivity index (χ4v) is 8.23. The monoisotopic (exact) mass is 526 g/mol. The number of morpholine rings is 1. The minimum atomic E-state index is -4.11. The van der Waals surface area contributed by atoms with Crippen LogP contribution in [0.15, 0.2) is 67.7 Å². The highest BCUT2D eigenvalue weighted by molar-refractivity contribution is 7.94. The Morgan fingerprint density at radius 2 is 1.42 bits per heavy atom. The lowest BCUT2D eigenvalue weighted by Gasteiger charge is -2.36. The number of benzene rings is 2. The molecule has 11 heteroatoms. The first-order valence-electron chi connectivity index (χ1n) is 10.2. The van der Waals surface area contributed by atoms with E-state index in [4.69, 9.17) is 16.3 Å². The van der Waals surface area contributed by atoms with Crippen LogP contribution in [0.25, 0.3) is 0 Å². The molecule has 0 radical (unpaired) electrons. The molecule has 3 aromatic rings. The van der Waals surface area contributed by atoms with Crippen molar-refractivity contribution in [3.05, 3.63) is 59.1 Å². The summed E-state index contributed by atoms with van der Waals surface area (Å²) in [7, 11) is -8.11. The molecule has 0 N–H and O–H groups in total. The van der Waals surface area contributed by atoms with Crippen LogP contribution in [-0.2, 0) is 24.4 Å². The Bertz CT molecular complexity index is 1360. The van der Waals surface area contributed by atoms with Gasteiger partial charge < -0.3 is 9.64 Å². The van der Waals surface area contributed by atoms with Crippen molar-refractivity contribution in [3.8, 4) is 0 Å². The molecule has 1 saturated heterocycles. The van der Waals surface area contributed by atoms with E-state index in [0.717, 1.165) is 16.9 Å². The molecule has 2 atom stereocenters. The number of thiazole rings is 1. The molecule has 0 bridgehead atoms. The van der Waals surface area contributed by atoms with Crippen LogP contribution in [0.2, 0.25) is 5.02 Å². The molecule has 0 amide bonds. The van der Waals surface area contributed by atoms with E-state index in [1.165, 1.54) is 36.4 Å². The van der Waals surface area contributed by atoms with Crippen LogP contribution in [0.1, 0.15) is 19.4 Å². The average Bonchev–Trinajstić information content (AvgIpc) is 3.21. The van der Waals surface area contributed by atoms with E-state index >= 15 is 0 Å². The molecule has 0 saturated carbocycles. The van der Waals surface area contributed by atoms with E-state index in [9.17, 15) is 16.8 Å². The zero-order valence-corrected chi connectivity index (χ0v) is 21.4. The van der Waals surface area contributed by atoms with Gasteiger partial charge >= 0.3 is 0 Å². The summed E-state index contributed by atoms with van der Waals surface area (Å²) in [5, 5.41) is 0.408. The van der Waals surface area contributed by atoms with Gasteiger partial charge in [-0.1, -0.05) is 40.6 Å². The standard InChI is InChI=1S/C22H23ClN2O5S3/c1-14-4-8-19(9-5-14)33(28,29)22-24-20(32(26,27)18-10-6-17(23)7-11-18)21(31-22)25-12-15(2)30-16(3)13-25/h4-11,15-16H,12-13H2,1-3H3/t15-,16-/m0/s1. The van der Waals surface area contributed by atoms with E-state index in [2.05, 4.69) is 4.98 Å². The van der Waals surface area contributed by atoms with Crippen molar-refractivity contribution in [1.29, 1.82) is 0 Å². The minimum absolute atomic E-state index is 0.00732. The summed E-state index contributed by atoms with van der Waals surface area (Å²) in [4.78, 5) is 6.10. The van der Waals surface area contributed by atoms with Crippen molar-refractivity contribution in [3.63, 3.8) is 0 Å². The van der Waals surface area contributed by atoms with Crippen molar-refractivity contribution in [2.24, 2.45) is 0 Å². The van der Waals surface area contributed by atoms with Crippen LogP contribution in [0, 0.1) is 6.92 Å². The smallest absolute Gasteiger partial charge is 0.233 e. The summed E-state index contributed by atoms with van der Waals surface area (Å²) in [5.41, 5.74) is 0.913. The third-order valence-electron chi connectivity index (χ3n) is 5.21. The lowest BCUT2D eigenvalue weighted by atomic mass is 10.2. The molecular weight excluding hydrogens is 504 g/mol. The van der Waals surface area contributed by atoms with Gasteiger partial charge in [-0.15, -0.1) is 0 Å². The summed E-state index contributed by atoms with van der Waals surface area (Å²) in [6, 6.07) is 12.1. The Morgan fingerprint density at radius 1 is 0.909 bits per heavy atom. The minimum Gasteiger partial charge on any atom is -0.372 e. The number of aromatic nitrogens is 1. The van der Waals surface area contributed by atoms with Crippen LogP contribution >= 0.6 is 22.9 Å². The zero-order chi connectivity index (χ0) is 24.0. The van der Waals surface area contributed by atoms with Crippen molar-refractivity contribution in [2.45, 2.75) is 52.1 Å². The van der Waals surface area contributed by atoms with E-state index in [1.807, 2.05) is 25.7 Å². The number of rotatable bonds is 5. The Labute approximate surface area is 202 Å². The molecule has 1 aromatic heterocycles. The van der Waals surface area contributed by atoms with Gasteiger partial charge in [0, 0.05) is 18.1 Å². The molecule has 2 aromatic carbocycles. The van der Waals surface area contributed by atoms with Crippen molar-refractivity contribution in [2.75, 3.05) is 18.0 Å². The molecule has 1 aliphatic rings. The van der Waals surface area contributed by atoms with Gasteiger partial charge in [-0.2, -0.15) is 0 Å². The maximum Gasteiger partial charge on any atom is 0.233 e. The predicted octanol–water partition coefficient (Wildman–Crippen LogP) is 4.38. The van der Waals surface area contributed by atoms with Gasteiger partial charge in [0.1, 0.15) is 5.00 Å². The van der Waals surface area contributed by atoms with Gasteiger partial charge in [0.15, 0.2) is 5.03 Å². The highest BCUT2D eigenvalue weighted by Gasteiger charge is 2.35. The van der Waals surface area contributed by atoms with E-state index in [1.54, 1.807) is 12.1 Å². The molecule has 1 fully saturated rings. The highest BCUT2D eigenvalue weighted by atomic mass is 35.5. The quantitative estimate of drug-likeness (QED) is 0.487. The van der Waals surface area contributed by atoms with Gasteiger partial charge in [-0.05, 0) is 57.2 Å². The molecular formula is C22H23ClN2O5S3. The first-order chi connectivity index (χ1) is 15.5. The Morgan fingerprint density at radius 3 is 2.00 bits per heavy atom. The fraction of sp³-hybridized carbons (Fsp3) is 0.318. The Balaban J connectivity index is 1.88. The fourth-order valence-electron chi connectivity index (χ4n) is 3.66. The maximum atomic E-state index is 13.5. The summed E-state index contributed by atoms with van der Waals surface area (Å²) in [5.74, 6) is 0. The SMILES string of the molecule is Cc1ccc(S(=O)(=O)c2nc(S(=O)(=O)c3ccc(Cl)cc3)c(N3C[C@H](C)O[C@@H](C)C3)s2)cc1. The second kappa shape index (κ2) is 8.99. The third kappa shape index (κ3) is 4.81. The first kappa shape index (κ1) is 24.2. The number of ether oxygens (including phenoxy) is 1. The van der Waals surface area contributed by atoms with E-state index < -0.39 is 19.7 Å². The number of halogens is 1. The summed E-state index contributed by atoms with van der Waals surface area (Å²) in [6.45, 7) is 6.47. The van der Waals surface area contributed by atoms with Crippen LogP contribution in [0.3, 0.4) is 0 Å². The second-order valence-electron chi connectivity index (χ2n) is 8.03. The third-order valence-corrected chi connectivity index (χ3v) is 10.5. The Kier molecular flexibility index (Phi) is 6.58. The number of hydrogen-bond donors (Lipinski definition) is 0. The lowest BCUT2D eigenvalue weighted by Crippen LogP contribution is -2.45. The number of hydrogen-bond acceptors (Lipinski definition) is 8. The van der Waals surface area contributed by atoms with Gasteiger partial charge in [-0.3, -0.25) is 0 Å². The van der Waals surface area contributed by atoms with Crippen LogP contribution in [-0.4, -0.2) is 47.1 Å². The molecule has 4 rings (SSSR count). The number of aryl methyl sites for hydroxylation is 1. The summed E-state index contributed by atoms with van der Waals surface area (Å²) in [6.07, 6.45) is -0.307. The van der Waals surface area contributed by atoms with Gasteiger partial charge in [0.25, 0.3) is 0 Å². The predicted molar refractivity (Wildman–Crippen MR) is 128 cm³/mol. The maximum absolute atomic E-state index is 13.5. The molecule has 2 heterocycles. The molecule has 1 aliphatic heterocycles. The van der Waals surface area contributed by atoms with Crippen molar-refractivity contribution in [1.82, 2.24) is 4.98 Å². The lowest BCUT2D eigenvalue weighted by molar-refractivity contribution is -0.00517. The molecule has 0 unspecified atom stereocenters. The summed E-state index contributed by atoms with van der Waals surface area (Å²) >= 11 is 6.79. The Hall–Kier alpha value is -1.98. The van der Waals surface area contributed by atoms with Crippen LogP contribution in [0.5, 0.6) is 0 Å². The molecule has 0 aliphatic carbocycles. The van der Waals surface area contributed by atoms with Crippen molar-refractivity contribution < 1.29 is 21.6 Å². The zero-order valence-electron chi connectivity index (χ0n) is 18.2. The molecule has 0 spiro atoms. The van der Waals surface area contributed by atoms with Crippen LogP contribution in [0.4, 0.5) is 5.00 Å². The van der Waals surface area contributed by atoms with Gasteiger partial charge in [0.2, 0.25) is 24.0 Å². The first-order valence-corrected chi connectivity index (χ1v) is 14.4. The topological polar surface area (TPSA) is 93.6 Å². The number of nitrogens with zero attached hydrogens (tertiary/aromatic N) is 2. The molecule has 176 valence electrons. The molecule has 33 heavy (non-hydrogen) atoms. The van der Waals surface area contributed by atoms with E-state index in [0.29, 0.717) is 18.1 Å².